The average molecular weight is 383 g/mol. The first-order chi connectivity index (χ1) is 9.56. The number of hydrogen-bond acceptors (Lipinski definition) is 6. The molecule has 0 aliphatic carbocycles. The lowest BCUT2D eigenvalue weighted by atomic mass is 10.2. The number of carbonyl (C=O) groups is 1. The van der Waals surface area contributed by atoms with Crippen LogP contribution in [0.5, 0.6) is 0 Å². The molecule has 1 aliphatic heterocycles. The fraction of sp³-hybridized carbons (Fsp3) is 0.538. The number of halogens is 2. The first-order valence-electron chi connectivity index (χ1n) is 6.65. The van der Waals surface area contributed by atoms with Gasteiger partial charge < -0.3 is 15.1 Å². The van der Waals surface area contributed by atoms with Crippen molar-refractivity contribution in [1.29, 1.82) is 0 Å². The van der Waals surface area contributed by atoms with E-state index >= 15 is 0 Å². The molecule has 2 aromatic heterocycles. The van der Waals surface area contributed by atoms with E-state index in [0.29, 0.717) is 0 Å². The Bertz CT molecular complexity index is 612. The highest BCUT2D eigenvalue weighted by molar-refractivity contribution is 7.29. The molecule has 9 heteroatoms. The summed E-state index contributed by atoms with van der Waals surface area (Å²) in [7, 11) is 3.97. The van der Waals surface area contributed by atoms with Crippen molar-refractivity contribution in [2.45, 2.75) is 13.0 Å². The van der Waals surface area contributed by atoms with Crippen LogP contribution < -0.4 is 10.2 Å². The number of rotatable bonds is 2. The summed E-state index contributed by atoms with van der Waals surface area (Å²) in [5.41, 5.74) is 0. The third kappa shape index (κ3) is 3.65. The second-order valence-corrected chi connectivity index (χ2v) is 7.26. The molecule has 1 fully saturated rings. The van der Waals surface area contributed by atoms with Gasteiger partial charge in [0.05, 0.1) is 9.58 Å². The Morgan fingerprint density at radius 2 is 2.14 bits per heavy atom. The lowest BCUT2D eigenvalue weighted by molar-refractivity contribution is 0.0661. The third-order valence-electron chi connectivity index (χ3n) is 3.43. The third-order valence-corrected chi connectivity index (χ3v) is 5.75. The maximum Gasteiger partial charge on any atom is 0.264 e. The molecular weight excluding hydrogens is 363 g/mol. The zero-order valence-electron chi connectivity index (χ0n) is 12.7. The molecule has 5 nitrogen and oxygen atoms in total. The number of carbonyl (C=O) groups excluding carboxylic acids is 1. The van der Waals surface area contributed by atoms with Gasteiger partial charge in [-0.05, 0) is 13.0 Å². The maximum absolute atomic E-state index is 12.6. The normalized spacial score (nSPS) is 17.8. The average Bonchev–Trinajstić information content (AvgIpc) is 2.96. The van der Waals surface area contributed by atoms with Crippen LogP contribution in [0, 0.1) is 0 Å². The van der Waals surface area contributed by atoms with Gasteiger partial charge in [-0.2, -0.15) is 0 Å². The van der Waals surface area contributed by atoms with E-state index in [-0.39, 0.29) is 36.8 Å². The first-order valence-corrected chi connectivity index (χ1v) is 8.29. The summed E-state index contributed by atoms with van der Waals surface area (Å²) in [5, 5.41) is 4.29. The van der Waals surface area contributed by atoms with Gasteiger partial charge >= 0.3 is 0 Å². The number of aromatic nitrogens is 1. The molecule has 2 aromatic rings. The van der Waals surface area contributed by atoms with Crippen molar-refractivity contribution in [3.63, 3.8) is 0 Å². The second-order valence-electron chi connectivity index (χ2n) is 5.22. The number of nitrogens with one attached hydrogen (secondary N) is 1. The molecule has 3 heterocycles. The molecule has 124 valence electrons. The smallest absolute Gasteiger partial charge is 0.264 e. The van der Waals surface area contributed by atoms with Gasteiger partial charge in [0.25, 0.3) is 5.91 Å². The minimum atomic E-state index is 0. The van der Waals surface area contributed by atoms with E-state index in [1.165, 1.54) is 11.3 Å². The van der Waals surface area contributed by atoms with Crippen LogP contribution in [0.4, 0.5) is 5.13 Å². The molecule has 1 saturated heterocycles. The number of fused-ring (bicyclic) bond motifs is 1. The van der Waals surface area contributed by atoms with Gasteiger partial charge in [0.1, 0.15) is 4.83 Å². The lowest BCUT2D eigenvalue weighted by Crippen LogP contribution is -2.52. The standard InChI is InChI=1S/C13H18N4OS2.2ClH/c1-8-7-14-4-5-17(8)12(18)10-6-9-11(19-10)15-13(20-9)16(2)3;;/h6,8,14H,4-5,7H2,1-3H3;2*1H/t8-;;/m0../s1. The van der Waals surface area contributed by atoms with E-state index in [9.17, 15) is 4.79 Å². The van der Waals surface area contributed by atoms with Crippen molar-refractivity contribution in [3.05, 3.63) is 10.9 Å². The van der Waals surface area contributed by atoms with E-state index < -0.39 is 0 Å². The summed E-state index contributed by atoms with van der Waals surface area (Å²) in [4.78, 5) is 22.9. The predicted molar refractivity (Wildman–Crippen MR) is 99.7 cm³/mol. The van der Waals surface area contributed by atoms with E-state index in [0.717, 1.165) is 39.2 Å². The van der Waals surface area contributed by atoms with Crippen LogP contribution in [0.1, 0.15) is 16.6 Å². The highest BCUT2D eigenvalue weighted by Crippen LogP contribution is 2.34. The minimum Gasteiger partial charge on any atom is -0.354 e. The van der Waals surface area contributed by atoms with E-state index in [2.05, 4.69) is 17.2 Å². The second kappa shape index (κ2) is 7.79. The molecular formula is C13H20Cl2N4OS2. The number of hydrogen-bond donors (Lipinski definition) is 1. The van der Waals surface area contributed by atoms with Crippen molar-refractivity contribution in [1.82, 2.24) is 15.2 Å². The molecule has 1 amide bonds. The Kier molecular flexibility index (Phi) is 6.88. The zero-order chi connectivity index (χ0) is 14.3. The molecule has 22 heavy (non-hydrogen) atoms. The lowest BCUT2D eigenvalue weighted by Gasteiger charge is -2.33. The van der Waals surface area contributed by atoms with Crippen LogP contribution in [0.25, 0.3) is 9.53 Å². The van der Waals surface area contributed by atoms with Crippen molar-refractivity contribution >= 4 is 68.1 Å². The van der Waals surface area contributed by atoms with Gasteiger partial charge in [0.15, 0.2) is 5.13 Å². The zero-order valence-corrected chi connectivity index (χ0v) is 15.9. The molecule has 0 bridgehead atoms. The number of thiophene rings is 1. The van der Waals surface area contributed by atoms with Crippen LogP contribution in [0.15, 0.2) is 6.07 Å². The summed E-state index contributed by atoms with van der Waals surface area (Å²) >= 11 is 3.13. The van der Waals surface area contributed by atoms with Gasteiger partial charge in [-0.3, -0.25) is 4.79 Å². The largest absolute Gasteiger partial charge is 0.354 e. The molecule has 1 atom stereocenters. The molecule has 0 spiro atoms. The quantitative estimate of drug-likeness (QED) is 0.867. The maximum atomic E-state index is 12.6. The van der Waals surface area contributed by atoms with Gasteiger partial charge in [0.2, 0.25) is 0 Å². The fourth-order valence-electron chi connectivity index (χ4n) is 2.30. The molecule has 1 aliphatic rings. The number of piperazine rings is 1. The van der Waals surface area contributed by atoms with E-state index in [1.807, 2.05) is 30.0 Å². The van der Waals surface area contributed by atoms with Gasteiger partial charge in [-0.1, -0.05) is 11.3 Å². The van der Waals surface area contributed by atoms with Gasteiger partial charge in [-0.15, -0.1) is 36.2 Å². The molecule has 0 aromatic carbocycles. The van der Waals surface area contributed by atoms with Crippen LogP contribution in [-0.2, 0) is 0 Å². The minimum absolute atomic E-state index is 0. The van der Waals surface area contributed by atoms with Crippen molar-refractivity contribution < 1.29 is 4.79 Å². The summed E-state index contributed by atoms with van der Waals surface area (Å²) in [6.07, 6.45) is 0. The number of thiazole rings is 1. The van der Waals surface area contributed by atoms with Crippen LogP contribution in [-0.4, -0.2) is 55.6 Å². The number of nitrogens with zero attached hydrogens (tertiary/aromatic N) is 3. The highest BCUT2D eigenvalue weighted by atomic mass is 35.5. The SMILES string of the molecule is C[C@H]1CNCCN1C(=O)c1cc2sc(N(C)C)nc2s1.Cl.Cl. The topological polar surface area (TPSA) is 48.5 Å². The van der Waals surface area contributed by atoms with E-state index in [4.69, 9.17) is 0 Å². The first kappa shape index (κ1) is 19.4. The fourth-order valence-corrected chi connectivity index (χ4v) is 4.39. The number of amides is 1. The van der Waals surface area contributed by atoms with E-state index in [1.54, 1.807) is 11.3 Å². The predicted octanol–water partition coefficient (Wildman–Crippen LogP) is 2.70. The molecule has 1 N–H and O–H groups in total. The van der Waals surface area contributed by atoms with Crippen LogP contribution in [0.2, 0.25) is 0 Å². The van der Waals surface area contributed by atoms with Crippen molar-refractivity contribution in [2.24, 2.45) is 0 Å². The molecule has 0 unspecified atom stereocenters. The summed E-state index contributed by atoms with van der Waals surface area (Å²) < 4.78 is 1.10. The number of anilines is 1. The monoisotopic (exact) mass is 382 g/mol. The Labute approximate surface area is 150 Å². The summed E-state index contributed by atoms with van der Waals surface area (Å²) in [5.74, 6) is 0.139. The van der Waals surface area contributed by atoms with Crippen LogP contribution >= 0.6 is 47.5 Å². The Morgan fingerprint density at radius 1 is 1.41 bits per heavy atom. The molecule has 0 saturated carbocycles. The van der Waals surface area contributed by atoms with Crippen LogP contribution in [0.3, 0.4) is 0 Å². The Morgan fingerprint density at radius 3 is 2.73 bits per heavy atom. The van der Waals surface area contributed by atoms with Gasteiger partial charge in [0, 0.05) is 39.8 Å². The molecule has 0 radical (unpaired) electrons. The van der Waals surface area contributed by atoms with Crippen molar-refractivity contribution in [2.75, 3.05) is 38.6 Å². The molecule has 3 rings (SSSR count). The van der Waals surface area contributed by atoms with Gasteiger partial charge in [-0.25, -0.2) is 4.98 Å². The highest BCUT2D eigenvalue weighted by Gasteiger charge is 2.26. The Balaban J connectivity index is 0.00000121. The Hall–Kier alpha value is -0.600. The summed E-state index contributed by atoms with van der Waals surface area (Å²) in [6.45, 7) is 4.61. The summed E-state index contributed by atoms with van der Waals surface area (Å²) in [6, 6.07) is 2.24. The van der Waals surface area contributed by atoms with Crippen molar-refractivity contribution in [3.8, 4) is 0 Å².